The first kappa shape index (κ1) is 11.4. The van der Waals surface area contributed by atoms with Crippen molar-refractivity contribution < 1.29 is 4.39 Å². The van der Waals surface area contributed by atoms with Crippen molar-refractivity contribution in [3.05, 3.63) is 11.2 Å². The maximum atomic E-state index is 12.9. The van der Waals surface area contributed by atoms with Crippen molar-refractivity contribution >= 4 is 23.1 Å². The van der Waals surface area contributed by atoms with Gasteiger partial charge in [-0.15, -0.1) is 23.1 Å². The molecule has 1 aliphatic rings. The third-order valence-electron chi connectivity index (χ3n) is 2.47. The molecule has 0 spiro atoms. The Balaban J connectivity index is 1.67. The number of hydrogen-bond donors (Lipinski definition) is 0. The van der Waals surface area contributed by atoms with Gasteiger partial charge in [0.15, 0.2) is 0 Å². The summed E-state index contributed by atoms with van der Waals surface area (Å²) in [6.07, 6.45) is 2.04. The summed E-state index contributed by atoms with van der Waals surface area (Å²) < 4.78 is 14.1. The van der Waals surface area contributed by atoms with Gasteiger partial charge in [-0.1, -0.05) is 0 Å². The summed E-state index contributed by atoms with van der Waals surface area (Å²) in [4.78, 5) is 6.40. The number of aromatic nitrogens is 1. The Labute approximate surface area is 97.9 Å². The molecule has 2 heterocycles. The second-order valence-corrected chi connectivity index (χ2v) is 6.36. The molecule has 0 N–H and O–H groups in total. The lowest BCUT2D eigenvalue weighted by Crippen LogP contribution is -2.23. The summed E-state index contributed by atoms with van der Waals surface area (Å²) in [6.45, 7) is 4.55. The van der Waals surface area contributed by atoms with Crippen molar-refractivity contribution in [1.29, 1.82) is 0 Å². The van der Waals surface area contributed by atoms with Crippen LogP contribution in [-0.2, 0) is 0 Å². The van der Waals surface area contributed by atoms with E-state index in [0.29, 0.717) is 13.0 Å². The van der Waals surface area contributed by atoms with E-state index in [1.807, 2.05) is 24.9 Å². The molecule has 1 aromatic heterocycles. The average molecular weight is 246 g/mol. The van der Waals surface area contributed by atoms with E-state index in [1.165, 1.54) is 4.21 Å². The number of halogens is 1. The second-order valence-electron chi connectivity index (χ2n) is 3.73. The molecule has 1 aromatic rings. The topological polar surface area (TPSA) is 16.1 Å². The van der Waals surface area contributed by atoms with Crippen LogP contribution in [0.1, 0.15) is 11.4 Å². The van der Waals surface area contributed by atoms with Gasteiger partial charge in [0.1, 0.15) is 6.17 Å². The molecule has 2 rings (SSSR count). The molecule has 1 saturated heterocycles. The highest BCUT2D eigenvalue weighted by Gasteiger charge is 2.20. The molecule has 1 aliphatic heterocycles. The van der Waals surface area contributed by atoms with Crippen LogP contribution in [0.25, 0.3) is 0 Å². The number of hydrogen-bond acceptors (Lipinski definition) is 4. The van der Waals surface area contributed by atoms with Gasteiger partial charge in [0.05, 0.1) is 15.4 Å². The van der Waals surface area contributed by atoms with Crippen LogP contribution in [0.4, 0.5) is 4.39 Å². The molecule has 5 heteroatoms. The first-order chi connectivity index (χ1) is 7.24. The maximum absolute atomic E-state index is 12.9. The molecule has 0 saturated carbocycles. The largest absolute Gasteiger partial charge is 0.300 e. The Hall–Kier alpha value is -0.130. The van der Waals surface area contributed by atoms with E-state index in [-0.39, 0.29) is 0 Å². The minimum atomic E-state index is -0.597. The number of nitrogens with zero attached hydrogens (tertiary/aromatic N) is 2. The van der Waals surface area contributed by atoms with Crippen molar-refractivity contribution in [2.24, 2.45) is 0 Å². The van der Waals surface area contributed by atoms with Crippen LogP contribution in [-0.4, -0.2) is 41.4 Å². The van der Waals surface area contributed by atoms with Crippen molar-refractivity contribution in [3.8, 4) is 0 Å². The zero-order valence-corrected chi connectivity index (χ0v) is 10.4. The van der Waals surface area contributed by atoms with Crippen LogP contribution in [0, 0.1) is 6.92 Å². The maximum Gasteiger partial charge on any atom is 0.114 e. The number of alkyl halides is 1. The SMILES string of the molecule is Cc1ncc(SCCN2CC[C@H](F)C2)s1. The number of thiazole rings is 1. The zero-order valence-electron chi connectivity index (χ0n) is 8.78. The van der Waals surface area contributed by atoms with Crippen molar-refractivity contribution in [1.82, 2.24) is 9.88 Å². The highest BCUT2D eigenvalue weighted by molar-refractivity contribution is 8.01. The van der Waals surface area contributed by atoms with E-state index >= 15 is 0 Å². The number of aryl methyl sites for hydroxylation is 1. The van der Waals surface area contributed by atoms with Gasteiger partial charge in [-0.05, 0) is 13.3 Å². The summed E-state index contributed by atoms with van der Waals surface area (Å²) in [7, 11) is 0. The fraction of sp³-hybridized carbons (Fsp3) is 0.700. The minimum Gasteiger partial charge on any atom is -0.300 e. The van der Waals surface area contributed by atoms with Crippen LogP contribution in [0.2, 0.25) is 0 Å². The van der Waals surface area contributed by atoms with Crippen LogP contribution in [0.15, 0.2) is 10.4 Å². The highest BCUT2D eigenvalue weighted by atomic mass is 32.2. The Morgan fingerprint density at radius 1 is 1.73 bits per heavy atom. The van der Waals surface area contributed by atoms with Gasteiger partial charge < -0.3 is 0 Å². The normalized spacial score (nSPS) is 22.4. The fourth-order valence-electron chi connectivity index (χ4n) is 1.67. The van der Waals surface area contributed by atoms with Gasteiger partial charge in [0.2, 0.25) is 0 Å². The van der Waals surface area contributed by atoms with E-state index in [4.69, 9.17) is 0 Å². The van der Waals surface area contributed by atoms with E-state index < -0.39 is 6.17 Å². The molecule has 0 bridgehead atoms. The van der Waals surface area contributed by atoms with E-state index in [2.05, 4.69) is 9.88 Å². The van der Waals surface area contributed by atoms with Gasteiger partial charge in [0, 0.05) is 25.4 Å². The lowest BCUT2D eigenvalue weighted by atomic mass is 10.3. The first-order valence-electron chi connectivity index (χ1n) is 5.15. The number of rotatable bonds is 4. The van der Waals surface area contributed by atoms with E-state index in [1.54, 1.807) is 11.3 Å². The Bertz CT molecular complexity index is 316. The smallest absolute Gasteiger partial charge is 0.114 e. The third-order valence-corrected chi connectivity index (χ3v) is 4.55. The average Bonchev–Trinajstić information content (AvgIpc) is 2.76. The lowest BCUT2D eigenvalue weighted by Gasteiger charge is -2.12. The summed E-state index contributed by atoms with van der Waals surface area (Å²) in [5, 5.41) is 1.11. The summed E-state index contributed by atoms with van der Waals surface area (Å²) in [6, 6.07) is 0. The molecule has 0 aromatic carbocycles. The van der Waals surface area contributed by atoms with Gasteiger partial charge >= 0.3 is 0 Å². The fourth-order valence-corrected chi connectivity index (χ4v) is 3.70. The summed E-state index contributed by atoms with van der Waals surface area (Å²) >= 11 is 3.55. The monoisotopic (exact) mass is 246 g/mol. The van der Waals surface area contributed by atoms with Gasteiger partial charge in [-0.2, -0.15) is 0 Å². The van der Waals surface area contributed by atoms with Gasteiger partial charge in [-0.3, -0.25) is 4.90 Å². The summed E-state index contributed by atoms with van der Waals surface area (Å²) in [5.41, 5.74) is 0. The minimum absolute atomic E-state index is 0.597. The molecule has 0 amide bonds. The van der Waals surface area contributed by atoms with Gasteiger partial charge in [0.25, 0.3) is 0 Å². The van der Waals surface area contributed by atoms with Crippen LogP contribution in [0.5, 0.6) is 0 Å². The predicted molar refractivity (Wildman–Crippen MR) is 63.5 cm³/mol. The number of likely N-dealkylation sites (tertiary alicyclic amines) is 1. The van der Waals surface area contributed by atoms with Crippen molar-refractivity contribution in [2.45, 2.75) is 23.7 Å². The van der Waals surface area contributed by atoms with E-state index in [0.717, 1.165) is 23.8 Å². The Morgan fingerprint density at radius 3 is 3.20 bits per heavy atom. The summed E-state index contributed by atoms with van der Waals surface area (Å²) in [5.74, 6) is 1.04. The molecule has 0 radical (unpaired) electrons. The molecule has 0 aliphatic carbocycles. The molecular weight excluding hydrogens is 231 g/mol. The standard InChI is InChI=1S/C10H15FN2S2/c1-8-12-6-10(15-8)14-5-4-13-3-2-9(11)7-13/h6,9H,2-5,7H2,1H3/t9-/m0/s1. The second kappa shape index (κ2) is 5.27. The molecular formula is C10H15FN2S2. The van der Waals surface area contributed by atoms with Crippen molar-refractivity contribution in [2.75, 3.05) is 25.4 Å². The van der Waals surface area contributed by atoms with Crippen LogP contribution in [0.3, 0.4) is 0 Å². The van der Waals surface area contributed by atoms with Crippen LogP contribution >= 0.6 is 23.1 Å². The third kappa shape index (κ3) is 3.43. The Morgan fingerprint density at radius 2 is 2.60 bits per heavy atom. The molecule has 2 nitrogen and oxygen atoms in total. The van der Waals surface area contributed by atoms with Gasteiger partial charge in [-0.25, -0.2) is 9.37 Å². The predicted octanol–water partition coefficient (Wildman–Crippen LogP) is 2.59. The zero-order chi connectivity index (χ0) is 10.7. The molecule has 1 atom stereocenters. The quantitative estimate of drug-likeness (QED) is 0.760. The molecule has 84 valence electrons. The molecule has 15 heavy (non-hydrogen) atoms. The van der Waals surface area contributed by atoms with Crippen molar-refractivity contribution in [3.63, 3.8) is 0 Å². The van der Waals surface area contributed by atoms with E-state index in [9.17, 15) is 4.39 Å². The first-order valence-corrected chi connectivity index (χ1v) is 6.96. The Kier molecular flexibility index (Phi) is 3.99. The van der Waals surface area contributed by atoms with Crippen LogP contribution < -0.4 is 0 Å². The number of thioether (sulfide) groups is 1. The molecule has 0 unspecified atom stereocenters. The highest BCUT2D eigenvalue weighted by Crippen LogP contribution is 2.25. The lowest BCUT2D eigenvalue weighted by molar-refractivity contribution is 0.299. The molecule has 1 fully saturated rings.